The van der Waals surface area contributed by atoms with Crippen LogP contribution in [0.5, 0.6) is 0 Å². The molecule has 0 radical (unpaired) electrons. The predicted molar refractivity (Wildman–Crippen MR) is 71.2 cm³/mol. The molecule has 17 heavy (non-hydrogen) atoms. The lowest BCUT2D eigenvalue weighted by atomic mass is 9.91. The molecule has 1 aliphatic rings. The maximum absolute atomic E-state index is 13.7. The Labute approximate surface area is 108 Å². The van der Waals surface area contributed by atoms with Gasteiger partial charge < -0.3 is 4.90 Å². The van der Waals surface area contributed by atoms with E-state index in [9.17, 15) is 4.39 Å². The number of anilines is 1. The van der Waals surface area contributed by atoms with E-state index in [1.165, 1.54) is 18.9 Å². The Balaban J connectivity index is 2.35. The van der Waals surface area contributed by atoms with Gasteiger partial charge in [-0.3, -0.25) is 0 Å². The number of hydrogen-bond donors (Lipinski definition) is 0. The second-order valence-electron chi connectivity index (χ2n) is 4.92. The minimum absolute atomic E-state index is 0.192. The summed E-state index contributed by atoms with van der Waals surface area (Å²) in [7, 11) is 0. The van der Waals surface area contributed by atoms with Gasteiger partial charge in [-0.15, -0.1) is 11.6 Å². The normalized spacial score (nSPS) is 25.1. The molecule has 1 aromatic carbocycles. The average molecular weight is 256 g/mol. The molecule has 0 amide bonds. The van der Waals surface area contributed by atoms with Crippen LogP contribution in [0.4, 0.5) is 10.1 Å². The molecule has 0 saturated carbocycles. The molecule has 2 rings (SSSR count). The van der Waals surface area contributed by atoms with Crippen molar-refractivity contribution in [2.24, 2.45) is 5.92 Å². The molecule has 0 spiro atoms. The lowest BCUT2D eigenvalue weighted by molar-refractivity contribution is 0.363. The van der Waals surface area contributed by atoms with Crippen LogP contribution in [0.3, 0.4) is 0 Å². The molecular formula is C14H19ClFN. The van der Waals surface area contributed by atoms with Crippen molar-refractivity contribution in [3.8, 4) is 0 Å². The van der Waals surface area contributed by atoms with Gasteiger partial charge in [0.1, 0.15) is 5.82 Å². The van der Waals surface area contributed by atoms with Crippen LogP contribution in [0.1, 0.15) is 32.3 Å². The number of piperidine rings is 1. The van der Waals surface area contributed by atoms with Crippen LogP contribution in [0, 0.1) is 11.7 Å². The van der Waals surface area contributed by atoms with E-state index in [4.69, 9.17) is 11.6 Å². The Hall–Kier alpha value is -0.760. The van der Waals surface area contributed by atoms with Crippen molar-refractivity contribution in [1.29, 1.82) is 0 Å². The van der Waals surface area contributed by atoms with Crippen molar-refractivity contribution in [3.63, 3.8) is 0 Å². The van der Waals surface area contributed by atoms with Crippen molar-refractivity contribution in [2.75, 3.05) is 11.4 Å². The number of nitrogens with zero attached hydrogens (tertiary/aromatic N) is 1. The largest absolute Gasteiger partial charge is 0.368 e. The quantitative estimate of drug-likeness (QED) is 0.717. The van der Waals surface area contributed by atoms with E-state index < -0.39 is 0 Å². The van der Waals surface area contributed by atoms with Gasteiger partial charge in [0.15, 0.2) is 0 Å². The molecule has 1 fully saturated rings. The zero-order valence-electron chi connectivity index (χ0n) is 10.4. The van der Waals surface area contributed by atoms with E-state index in [-0.39, 0.29) is 11.7 Å². The molecule has 1 nitrogen and oxygen atoms in total. The van der Waals surface area contributed by atoms with Crippen LogP contribution in [-0.2, 0) is 5.88 Å². The van der Waals surface area contributed by atoms with Crippen LogP contribution in [-0.4, -0.2) is 12.6 Å². The van der Waals surface area contributed by atoms with E-state index in [2.05, 4.69) is 18.7 Å². The van der Waals surface area contributed by atoms with Crippen molar-refractivity contribution in [1.82, 2.24) is 0 Å². The maximum atomic E-state index is 13.7. The molecule has 0 bridgehead atoms. The molecule has 94 valence electrons. The van der Waals surface area contributed by atoms with Gasteiger partial charge in [0.2, 0.25) is 0 Å². The van der Waals surface area contributed by atoms with Crippen LogP contribution < -0.4 is 4.90 Å². The van der Waals surface area contributed by atoms with E-state index in [1.807, 2.05) is 6.07 Å². The number of alkyl halides is 1. The van der Waals surface area contributed by atoms with Gasteiger partial charge in [0.25, 0.3) is 0 Å². The van der Waals surface area contributed by atoms with Crippen molar-refractivity contribution < 1.29 is 4.39 Å². The third-order valence-electron chi connectivity index (χ3n) is 3.91. The Morgan fingerprint density at radius 1 is 1.41 bits per heavy atom. The highest BCUT2D eigenvalue weighted by molar-refractivity contribution is 6.17. The van der Waals surface area contributed by atoms with Crippen molar-refractivity contribution >= 4 is 17.3 Å². The van der Waals surface area contributed by atoms with Gasteiger partial charge in [-0.05, 0) is 37.8 Å². The Kier molecular flexibility index (Phi) is 3.93. The molecule has 1 aromatic rings. The number of halogens is 2. The van der Waals surface area contributed by atoms with Crippen LogP contribution in [0.15, 0.2) is 18.2 Å². The third-order valence-corrected chi connectivity index (χ3v) is 4.18. The number of hydrogen-bond acceptors (Lipinski definition) is 1. The van der Waals surface area contributed by atoms with Gasteiger partial charge in [-0.1, -0.05) is 13.0 Å². The molecular weight excluding hydrogens is 237 g/mol. The molecule has 1 saturated heterocycles. The fourth-order valence-corrected chi connectivity index (χ4v) is 2.89. The fourth-order valence-electron chi connectivity index (χ4n) is 2.62. The second-order valence-corrected chi connectivity index (χ2v) is 5.19. The fraction of sp³-hybridized carbons (Fsp3) is 0.571. The monoisotopic (exact) mass is 255 g/mol. The summed E-state index contributed by atoms with van der Waals surface area (Å²) in [6.45, 7) is 5.47. The first-order valence-electron chi connectivity index (χ1n) is 6.25. The van der Waals surface area contributed by atoms with E-state index in [0.717, 1.165) is 12.2 Å². The summed E-state index contributed by atoms with van der Waals surface area (Å²) < 4.78 is 13.7. The van der Waals surface area contributed by atoms with Gasteiger partial charge >= 0.3 is 0 Å². The molecule has 2 atom stereocenters. The summed E-state index contributed by atoms with van der Waals surface area (Å²) >= 11 is 5.87. The summed E-state index contributed by atoms with van der Waals surface area (Å²) in [4.78, 5) is 2.30. The molecule has 3 heteroatoms. The number of benzene rings is 1. The SMILES string of the molecule is CC1CCCN(c2cccc(F)c2CCl)C1C. The molecule has 1 heterocycles. The van der Waals surface area contributed by atoms with E-state index in [1.54, 1.807) is 6.07 Å². The van der Waals surface area contributed by atoms with Crippen molar-refractivity contribution in [2.45, 2.75) is 38.6 Å². The minimum atomic E-state index is -0.192. The average Bonchev–Trinajstić information content (AvgIpc) is 2.32. The van der Waals surface area contributed by atoms with E-state index >= 15 is 0 Å². The first kappa shape index (κ1) is 12.7. The van der Waals surface area contributed by atoms with Gasteiger partial charge in [-0.25, -0.2) is 4.39 Å². The molecule has 1 aliphatic heterocycles. The van der Waals surface area contributed by atoms with Crippen LogP contribution in [0.2, 0.25) is 0 Å². The molecule has 0 aliphatic carbocycles. The summed E-state index contributed by atoms with van der Waals surface area (Å²) in [5.74, 6) is 0.692. The Bertz CT molecular complexity index is 394. The summed E-state index contributed by atoms with van der Waals surface area (Å²) in [6.07, 6.45) is 2.42. The maximum Gasteiger partial charge on any atom is 0.129 e. The van der Waals surface area contributed by atoms with E-state index in [0.29, 0.717) is 17.5 Å². The number of rotatable bonds is 2. The topological polar surface area (TPSA) is 3.24 Å². The summed E-state index contributed by atoms with van der Waals surface area (Å²) in [5.41, 5.74) is 1.61. The van der Waals surface area contributed by atoms with Crippen LogP contribution >= 0.6 is 11.6 Å². The Morgan fingerprint density at radius 3 is 2.88 bits per heavy atom. The first-order valence-corrected chi connectivity index (χ1v) is 6.78. The predicted octanol–water partition coefficient (Wildman–Crippen LogP) is 4.19. The van der Waals surface area contributed by atoms with Gasteiger partial charge in [-0.2, -0.15) is 0 Å². The zero-order valence-corrected chi connectivity index (χ0v) is 11.2. The van der Waals surface area contributed by atoms with Gasteiger partial charge in [0.05, 0.1) is 5.88 Å². The molecule has 0 aromatic heterocycles. The highest BCUT2D eigenvalue weighted by Gasteiger charge is 2.26. The lowest BCUT2D eigenvalue weighted by Crippen LogP contribution is -2.43. The smallest absolute Gasteiger partial charge is 0.129 e. The first-order chi connectivity index (χ1) is 8.15. The van der Waals surface area contributed by atoms with Crippen LogP contribution in [0.25, 0.3) is 0 Å². The molecule has 2 unspecified atom stereocenters. The third kappa shape index (κ3) is 2.42. The summed E-state index contributed by atoms with van der Waals surface area (Å²) in [6, 6.07) is 5.69. The highest BCUT2D eigenvalue weighted by Crippen LogP contribution is 2.32. The zero-order chi connectivity index (χ0) is 12.4. The van der Waals surface area contributed by atoms with Crippen molar-refractivity contribution in [3.05, 3.63) is 29.6 Å². The Morgan fingerprint density at radius 2 is 2.18 bits per heavy atom. The molecule has 0 N–H and O–H groups in total. The summed E-state index contributed by atoms with van der Waals surface area (Å²) in [5, 5.41) is 0. The highest BCUT2D eigenvalue weighted by atomic mass is 35.5. The lowest BCUT2D eigenvalue weighted by Gasteiger charge is -2.40. The second kappa shape index (κ2) is 5.26. The minimum Gasteiger partial charge on any atom is -0.368 e. The van der Waals surface area contributed by atoms with Gasteiger partial charge in [0, 0.05) is 23.8 Å². The standard InChI is InChI=1S/C14H19ClFN/c1-10-5-4-8-17(11(10)2)14-7-3-6-13(16)12(14)9-15/h3,6-7,10-11H,4-5,8-9H2,1-2H3.